The van der Waals surface area contributed by atoms with E-state index in [1.165, 1.54) is 12.3 Å². The number of carbonyl (C=O) groups excluding carboxylic acids is 1. The molecular formula is C15H11ClF2N2O. The monoisotopic (exact) mass is 308 g/mol. The summed E-state index contributed by atoms with van der Waals surface area (Å²) in [5.74, 6) is -1.69. The van der Waals surface area contributed by atoms with Crippen molar-refractivity contribution < 1.29 is 13.6 Å². The van der Waals surface area contributed by atoms with E-state index < -0.39 is 23.4 Å². The SMILES string of the molecule is O=C(N/C=C/c1ccccc1Cl)Nc1c(F)cccc1F. The Balaban J connectivity index is 1.98. The second kappa shape index (κ2) is 6.85. The van der Waals surface area contributed by atoms with Gasteiger partial charge in [-0.25, -0.2) is 13.6 Å². The molecule has 2 aromatic carbocycles. The number of benzene rings is 2. The van der Waals surface area contributed by atoms with Crippen molar-refractivity contribution in [2.45, 2.75) is 0 Å². The third kappa shape index (κ3) is 4.03. The summed E-state index contributed by atoms with van der Waals surface area (Å²) in [7, 11) is 0. The standard InChI is InChI=1S/C15H11ClF2N2O/c16-11-5-2-1-4-10(11)8-9-19-15(21)20-14-12(17)6-3-7-13(14)18/h1-9H,(H2,19,20,21)/b9-8+. The zero-order valence-corrected chi connectivity index (χ0v) is 11.5. The molecule has 0 aliphatic carbocycles. The van der Waals surface area contributed by atoms with Crippen LogP contribution >= 0.6 is 11.6 Å². The Morgan fingerprint density at radius 3 is 2.38 bits per heavy atom. The predicted octanol–water partition coefficient (Wildman–Crippen LogP) is 4.41. The fourth-order valence-electron chi connectivity index (χ4n) is 1.58. The van der Waals surface area contributed by atoms with Crippen LogP contribution in [0.2, 0.25) is 5.02 Å². The summed E-state index contributed by atoms with van der Waals surface area (Å²) in [4.78, 5) is 11.6. The van der Waals surface area contributed by atoms with Crippen molar-refractivity contribution in [1.29, 1.82) is 0 Å². The molecule has 2 amide bonds. The first kappa shape index (κ1) is 15.0. The maximum absolute atomic E-state index is 13.3. The maximum atomic E-state index is 13.3. The molecule has 0 saturated heterocycles. The average molecular weight is 309 g/mol. The number of anilines is 1. The average Bonchev–Trinajstić information content (AvgIpc) is 2.45. The quantitative estimate of drug-likeness (QED) is 0.866. The molecule has 3 nitrogen and oxygen atoms in total. The van der Waals surface area contributed by atoms with Gasteiger partial charge in [-0.1, -0.05) is 35.9 Å². The molecule has 0 aliphatic heterocycles. The van der Waals surface area contributed by atoms with Gasteiger partial charge in [-0.05, 0) is 29.8 Å². The summed E-state index contributed by atoms with van der Waals surface area (Å²) < 4.78 is 26.7. The van der Waals surface area contributed by atoms with E-state index in [1.807, 2.05) is 0 Å². The molecule has 6 heteroatoms. The van der Waals surface area contributed by atoms with Crippen LogP contribution in [0, 0.1) is 11.6 Å². The molecule has 0 aromatic heterocycles. The van der Waals surface area contributed by atoms with Gasteiger partial charge >= 0.3 is 6.03 Å². The van der Waals surface area contributed by atoms with Crippen LogP contribution in [-0.2, 0) is 0 Å². The van der Waals surface area contributed by atoms with E-state index in [4.69, 9.17) is 11.6 Å². The van der Waals surface area contributed by atoms with E-state index in [0.717, 1.165) is 12.1 Å². The molecule has 0 saturated carbocycles. The van der Waals surface area contributed by atoms with Crippen molar-refractivity contribution in [3.63, 3.8) is 0 Å². The third-order valence-corrected chi connectivity index (χ3v) is 2.93. The molecule has 108 valence electrons. The van der Waals surface area contributed by atoms with Crippen LogP contribution in [0.15, 0.2) is 48.7 Å². The maximum Gasteiger partial charge on any atom is 0.323 e. The molecule has 0 heterocycles. The highest BCUT2D eigenvalue weighted by Gasteiger charge is 2.10. The van der Waals surface area contributed by atoms with Gasteiger partial charge in [-0.2, -0.15) is 0 Å². The van der Waals surface area contributed by atoms with Gasteiger partial charge in [-0.15, -0.1) is 0 Å². The van der Waals surface area contributed by atoms with Gasteiger partial charge < -0.3 is 10.6 Å². The summed E-state index contributed by atoms with van der Waals surface area (Å²) >= 11 is 5.93. The Kier molecular flexibility index (Phi) is 4.90. The van der Waals surface area contributed by atoms with Crippen LogP contribution < -0.4 is 10.6 Å². The molecule has 0 atom stereocenters. The minimum atomic E-state index is -0.847. The zero-order valence-electron chi connectivity index (χ0n) is 10.7. The van der Waals surface area contributed by atoms with Gasteiger partial charge in [0.25, 0.3) is 0 Å². The lowest BCUT2D eigenvalue weighted by atomic mass is 10.2. The number of nitrogens with one attached hydrogen (secondary N) is 2. The fourth-order valence-corrected chi connectivity index (χ4v) is 1.78. The van der Waals surface area contributed by atoms with Crippen molar-refractivity contribution >= 4 is 29.4 Å². The van der Waals surface area contributed by atoms with Crippen LogP contribution in [0.3, 0.4) is 0 Å². The van der Waals surface area contributed by atoms with Gasteiger partial charge in [0.2, 0.25) is 0 Å². The second-order valence-electron chi connectivity index (χ2n) is 4.05. The van der Waals surface area contributed by atoms with E-state index in [9.17, 15) is 13.6 Å². The highest BCUT2D eigenvalue weighted by atomic mass is 35.5. The highest BCUT2D eigenvalue weighted by molar-refractivity contribution is 6.32. The van der Waals surface area contributed by atoms with Crippen LogP contribution in [0.1, 0.15) is 5.56 Å². The number of para-hydroxylation sites is 1. The lowest BCUT2D eigenvalue weighted by molar-refractivity contribution is 0.255. The summed E-state index contributed by atoms with van der Waals surface area (Å²) in [6, 6.07) is 9.59. The second-order valence-corrected chi connectivity index (χ2v) is 4.46. The first-order chi connectivity index (χ1) is 10.1. The number of halogens is 3. The minimum Gasteiger partial charge on any atom is -0.314 e. The molecule has 0 radical (unpaired) electrons. The van der Waals surface area contributed by atoms with Crippen LogP contribution in [0.4, 0.5) is 19.3 Å². The van der Waals surface area contributed by atoms with E-state index in [-0.39, 0.29) is 0 Å². The summed E-state index contributed by atoms with van der Waals surface area (Å²) in [6.45, 7) is 0. The number of urea groups is 1. The fraction of sp³-hybridized carbons (Fsp3) is 0. The predicted molar refractivity (Wildman–Crippen MR) is 79.0 cm³/mol. The van der Waals surface area contributed by atoms with Crippen molar-refractivity contribution in [3.05, 3.63) is 70.9 Å². The van der Waals surface area contributed by atoms with E-state index >= 15 is 0 Å². The number of carbonyl (C=O) groups is 1. The van der Waals surface area contributed by atoms with Gasteiger partial charge in [0.05, 0.1) is 0 Å². The Labute approximate surface area is 125 Å². The number of amides is 2. The van der Waals surface area contributed by atoms with Gasteiger partial charge in [0.1, 0.15) is 17.3 Å². The topological polar surface area (TPSA) is 41.1 Å². The molecular weight excluding hydrogens is 298 g/mol. The van der Waals surface area contributed by atoms with Gasteiger partial charge in [0.15, 0.2) is 0 Å². The lowest BCUT2D eigenvalue weighted by Gasteiger charge is -2.06. The van der Waals surface area contributed by atoms with E-state index in [1.54, 1.807) is 30.3 Å². The van der Waals surface area contributed by atoms with E-state index in [2.05, 4.69) is 10.6 Å². The Hall–Kier alpha value is -2.40. The van der Waals surface area contributed by atoms with Crippen molar-refractivity contribution in [2.24, 2.45) is 0 Å². The molecule has 2 aromatic rings. The lowest BCUT2D eigenvalue weighted by Crippen LogP contribution is -2.24. The zero-order chi connectivity index (χ0) is 15.2. The molecule has 0 aliphatic rings. The summed E-state index contributed by atoms with van der Waals surface area (Å²) in [6.07, 6.45) is 2.90. The van der Waals surface area contributed by atoms with Crippen LogP contribution in [0.25, 0.3) is 6.08 Å². The molecule has 0 unspecified atom stereocenters. The summed E-state index contributed by atoms with van der Waals surface area (Å²) in [5.41, 5.74) is 0.206. The molecule has 2 N–H and O–H groups in total. The summed E-state index contributed by atoms with van der Waals surface area (Å²) in [5, 5.41) is 4.96. The first-order valence-electron chi connectivity index (χ1n) is 6.00. The molecule has 21 heavy (non-hydrogen) atoms. The van der Waals surface area contributed by atoms with Gasteiger partial charge in [-0.3, -0.25) is 0 Å². The molecule has 0 bridgehead atoms. The molecule has 2 rings (SSSR count). The molecule has 0 fully saturated rings. The Bertz CT molecular complexity index is 669. The van der Waals surface area contributed by atoms with Crippen molar-refractivity contribution in [3.8, 4) is 0 Å². The Morgan fingerprint density at radius 1 is 1.05 bits per heavy atom. The normalized spacial score (nSPS) is 10.6. The molecule has 0 spiro atoms. The van der Waals surface area contributed by atoms with E-state index in [0.29, 0.717) is 10.6 Å². The van der Waals surface area contributed by atoms with Crippen molar-refractivity contribution in [1.82, 2.24) is 5.32 Å². The number of hydrogen-bond donors (Lipinski definition) is 2. The van der Waals surface area contributed by atoms with Crippen molar-refractivity contribution in [2.75, 3.05) is 5.32 Å². The minimum absolute atomic E-state index is 0.499. The Morgan fingerprint density at radius 2 is 1.71 bits per heavy atom. The first-order valence-corrected chi connectivity index (χ1v) is 6.38. The number of hydrogen-bond acceptors (Lipinski definition) is 1. The third-order valence-electron chi connectivity index (χ3n) is 2.58. The van der Waals surface area contributed by atoms with Crippen LogP contribution in [-0.4, -0.2) is 6.03 Å². The largest absolute Gasteiger partial charge is 0.323 e. The van der Waals surface area contributed by atoms with Crippen LogP contribution in [0.5, 0.6) is 0 Å². The van der Waals surface area contributed by atoms with Gasteiger partial charge in [0, 0.05) is 11.2 Å². The number of rotatable bonds is 3. The smallest absolute Gasteiger partial charge is 0.314 e. The highest BCUT2D eigenvalue weighted by Crippen LogP contribution is 2.18.